The van der Waals surface area contributed by atoms with E-state index < -0.39 is 10.9 Å². The molecule has 16 heavy (non-hydrogen) atoms. The van der Waals surface area contributed by atoms with Gasteiger partial charge in [0.2, 0.25) is 0 Å². The minimum Gasteiger partial charge on any atom is -0.460 e. The van der Waals surface area contributed by atoms with Crippen LogP contribution in [0, 0.1) is 17.0 Å². The van der Waals surface area contributed by atoms with Gasteiger partial charge in [0, 0.05) is 6.92 Å². The molecule has 1 aromatic heterocycles. The van der Waals surface area contributed by atoms with Crippen molar-refractivity contribution in [3.05, 3.63) is 22.1 Å². The molecule has 0 spiro atoms. The molecule has 1 rings (SSSR count). The first-order valence-corrected chi connectivity index (χ1v) is 4.77. The van der Waals surface area contributed by atoms with Crippen molar-refractivity contribution in [1.29, 1.82) is 0 Å². The molecular formula is C9H13N3O4. The third kappa shape index (κ3) is 2.78. The number of hydrogen-bond donors (Lipinski definition) is 0. The van der Waals surface area contributed by atoms with Crippen LogP contribution in [-0.2, 0) is 16.1 Å². The summed E-state index contributed by atoms with van der Waals surface area (Å²) in [6, 6.07) is 0. The molecule has 0 unspecified atom stereocenters. The van der Waals surface area contributed by atoms with E-state index >= 15 is 0 Å². The highest BCUT2D eigenvalue weighted by atomic mass is 16.6. The van der Waals surface area contributed by atoms with Crippen LogP contribution in [0.5, 0.6) is 0 Å². The number of esters is 1. The zero-order valence-corrected chi connectivity index (χ0v) is 9.34. The van der Waals surface area contributed by atoms with Crippen LogP contribution in [0.1, 0.15) is 19.7 Å². The Hall–Kier alpha value is -1.92. The quantitative estimate of drug-likeness (QED) is 0.436. The van der Waals surface area contributed by atoms with Crippen LogP contribution in [0.3, 0.4) is 0 Å². The number of aryl methyl sites for hydroxylation is 1. The molecule has 88 valence electrons. The molecule has 0 aliphatic carbocycles. The maximum atomic E-state index is 11.4. The second-order valence-corrected chi connectivity index (χ2v) is 3.55. The molecule has 0 saturated heterocycles. The number of ether oxygens (including phenoxy) is 1. The van der Waals surface area contributed by atoms with Crippen molar-refractivity contribution >= 4 is 11.8 Å². The second kappa shape index (κ2) is 4.73. The number of rotatable bonds is 4. The first-order valence-electron chi connectivity index (χ1n) is 4.77. The lowest BCUT2D eigenvalue weighted by Crippen LogP contribution is -2.19. The van der Waals surface area contributed by atoms with Crippen molar-refractivity contribution in [2.75, 3.05) is 0 Å². The van der Waals surface area contributed by atoms with Crippen molar-refractivity contribution in [1.82, 2.24) is 9.55 Å². The number of hydrogen-bond acceptors (Lipinski definition) is 5. The fourth-order valence-corrected chi connectivity index (χ4v) is 1.23. The summed E-state index contributed by atoms with van der Waals surface area (Å²) >= 11 is 0. The normalized spacial score (nSPS) is 10.5. The molecule has 0 aliphatic heterocycles. The van der Waals surface area contributed by atoms with Gasteiger partial charge in [0.1, 0.15) is 6.20 Å². The van der Waals surface area contributed by atoms with Crippen LogP contribution < -0.4 is 0 Å². The van der Waals surface area contributed by atoms with Gasteiger partial charge in [0.05, 0.1) is 6.10 Å². The Morgan fingerprint density at radius 3 is 2.81 bits per heavy atom. The van der Waals surface area contributed by atoms with E-state index in [-0.39, 0.29) is 18.5 Å². The van der Waals surface area contributed by atoms with Gasteiger partial charge in [-0.05, 0) is 18.8 Å². The lowest BCUT2D eigenvalue weighted by molar-refractivity contribution is -0.392. The molecule has 0 N–H and O–H groups in total. The SMILES string of the molecule is Cc1ncc([N+](=O)[O-])n1CC(=O)OC(C)C. The standard InChI is InChI=1S/C9H13N3O4/c1-6(2)16-9(13)5-11-7(3)10-4-8(11)12(14)15/h4,6H,5H2,1-3H3. The highest BCUT2D eigenvalue weighted by Gasteiger charge is 2.21. The van der Waals surface area contributed by atoms with E-state index in [0.29, 0.717) is 5.82 Å². The molecule has 0 aromatic carbocycles. The minimum atomic E-state index is -0.581. The minimum absolute atomic E-state index is 0.194. The van der Waals surface area contributed by atoms with Gasteiger partial charge in [-0.3, -0.25) is 0 Å². The van der Waals surface area contributed by atoms with Gasteiger partial charge in [-0.15, -0.1) is 0 Å². The molecule has 0 aliphatic rings. The average Bonchev–Trinajstić information content (AvgIpc) is 2.46. The summed E-state index contributed by atoms with van der Waals surface area (Å²) in [5.41, 5.74) is 0. The van der Waals surface area contributed by atoms with Gasteiger partial charge in [0.15, 0.2) is 12.4 Å². The largest absolute Gasteiger partial charge is 0.460 e. The van der Waals surface area contributed by atoms with Crippen LogP contribution in [0.15, 0.2) is 6.20 Å². The Labute approximate surface area is 92.2 Å². The molecule has 0 saturated carbocycles. The summed E-state index contributed by atoms with van der Waals surface area (Å²) in [5, 5.41) is 10.6. The molecule has 0 amide bonds. The number of imidazole rings is 1. The number of aromatic nitrogens is 2. The van der Waals surface area contributed by atoms with E-state index in [4.69, 9.17) is 4.74 Å². The molecular weight excluding hydrogens is 214 g/mol. The molecule has 0 fully saturated rings. The third-order valence-electron chi connectivity index (χ3n) is 1.88. The summed E-state index contributed by atoms with van der Waals surface area (Å²) in [7, 11) is 0. The summed E-state index contributed by atoms with van der Waals surface area (Å²) in [5.74, 6) is -0.315. The van der Waals surface area contributed by atoms with E-state index in [9.17, 15) is 14.9 Å². The Bertz CT molecular complexity index is 411. The third-order valence-corrected chi connectivity index (χ3v) is 1.88. The summed E-state index contributed by atoms with van der Waals surface area (Å²) in [6.07, 6.45) is 0.883. The van der Waals surface area contributed by atoms with Crippen molar-refractivity contribution < 1.29 is 14.5 Å². The zero-order valence-electron chi connectivity index (χ0n) is 9.34. The van der Waals surface area contributed by atoms with E-state index in [1.165, 1.54) is 4.57 Å². The van der Waals surface area contributed by atoms with E-state index in [0.717, 1.165) is 6.20 Å². The van der Waals surface area contributed by atoms with E-state index in [1.54, 1.807) is 20.8 Å². The van der Waals surface area contributed by atoms with Crippen LogP contribution >= 0.6 is 0 Å². The van der Waals surface area contributed by atoms with Crippen LogP contribution in [-0.4, -0.2) is 26.5 Å². The number of carbonyl (C=O) groups excluding carboxylic acids is 1. The predicted molar refractivity (Wildman–Crippen MR) is 54.8 cm³/mol. The van der Waals surface area contributed by atoms with E-state index in [2.05, 4.69) is 4.98 Å². The first-order chi connectivity index (χ1) is 7.41. The Kier molecular flexibility index (Phi) is 3.60. The topological polar surface area (TPSA) is 87.3 Å². The maximum absolute atomic E-state index is 11.4. The molecule has 0 bridgehead atoms. The summed E-state index contributed by atoms with van der Waals surface area (Å²) < 4.78 is 6.12. The van der Waals surface area contributed by atoms with Crippen LogP contribution in [0.2, 0.25) is 0 Å². The molecule has 1 heterocycles. The fourth-order valence-electron chi connectivity index (χ4n) is 1.23. The summed E-state index contributed by atoms with van der Waals surface area (Å²) in [4.78, 5) is 25.2. The van der Waals surface area contributed by atoms with E-state index in [1.807, 2.05) is 0 Å². The number of carbonyl (C=O) groups is 1. The van der Waals surface area contributed by atoms with Crippen LogP contribution in [0.25, 0.3) is 0 Å². The monoisotopic (exact) mass is 227 g/mol. The zero-order chi connectivity index (χ0) is 12.3. The lowest BCUT2D eigenvalue weighted by Gasteiger charge is -2.07. The maximum Gasteiger partial charge on any atom is 0.348 e. The number of nitro groups is 1. The molecule has 7 nitrogen and oxygen atoms in total. The lowest BCUT2D eigenvalue weighted by atomic mass is 10.5. The van der Waals surface area contributed by atoms with Gasteiger partial charge < -0.3 is 14.9 Å². The Morgan fingerprint density at radius 1 is 1.69 bits per heavy atom. The van der Waals surface area contributed by atoms with Crippen molar-refractivity contribution in [3.8, 4) is 0 Å². The first kappa shape index (κ1) is 12.2. The molecule has 0 radical (unpaired) electrons. The Balaban J connectivity index is 2.84. The average molecular weight is 227 g/mol. The molecule has 1 aromatic rings. The highest BCUT2D eigenvalue weighted by molar-refractivity contribution is 5.69. The van der Waals surface area contributed by atoms with Gasteiger partial charge in [-0.1, -0.05) is 0 Å². The molecule has 7 heteroatoms. The van der Waals surface area contributed by atoms with Crippen molar-refractivity contribution in [3.63, 3.8) is 0 Å². The van der Waals surface area contributed by atoms with Crippen molar-refractivity contribution in [2.24, 2.45) is 0 Å². The molecule has 0 atom stereocenters. The van der Waals surface area contributed by atoms with Gasteiger partial charge >= 0.3 is 11.8 Å². The highest BCUT2D eigenvalue weighted by Crippen LogP contribution is 2.13. The Morgan fingerprint density at radius 2 is 2.31 bits per heavy atom. The smallest absolute Gasteiger partial charge is 0.348 e. The fraction of sp³-hybridized carbons (Fsp3) is 0.556. The van der Waals surface area contributed by atoms with Gasteiger partial charge in [-0.25, -0.2) is 9.78 Å². The van der Waals surface area contributed by atoms with Gasteiger partial charge in [0.25, 0.3) is 0 Å². The van der Waals surface area contributed by atoms with Gasteiger partial charge in [-0.2, -0.15) is 4.57 Å². The number of nitrogens with zero attached hydrogens (tertiary/aromatic N) is 3. The second-order valence-electron chi connectivity index (χ2n) is 3.55. The van der Waals surface area contributed by atoms with Crippen LogP contribution in [0.4, 0.5) is 5.82 Å². The van der Waals surface area contributed by atoms with Crippen molar-refractivity contribution in [2.45, 2.75) is 33.4 Å². The predicted octanol–water partition coefficient (Wildman–Crippen LogP) is 1.05. The summed E-state index contributed by atoms with van der Waals surface area (Å²) in [6.45, 7) is 4.83.